The zero-order valence-electron chi connectivity index (χ0n) is 12.5. The number of sulfone groups is 1. The van der Waals surface area contributed by atoms with Crippen LogP contribution in [0, 0.1) is 4.64 Å². The minimum absolute atomic E-state index is 0.0483. The molecule has 1 fully saturated rings. The average molecular weight is 381 g/mol. The third-order valence-electron chi connectivity index (χ3n) is 3.64. The van der Waals surface area contributed by atoms with Crippen molar-refractivity contribution in [3.8, 4) is 0 Å². The first-order chi connectivity index (χ1) is 11.2. The summed E-state index contributed by atoms with van der Waals surface area (Å²) in [7, 11) is -3.52. The van der Waals surface area contributed by atoms with Crippen LogP contribution in [0.3, 0.4) is 0 Å². The first kappa shape index (κ1) is 19.2. The average Bonchev–Trinajstić information content (AvgIpc) is 2.77. The van der Waals surface area contributed by atoms with Crippen molar-refractivity contribution in [1.82, 2.24) is 9.55 Å². The molecule has 0 bridgehead atoms. The molecule has 6 N–H and O–H groups in total. The van der Waals surface area contributed by atoms with Crippen molar-refractivity contribution in [2.45, 2.75) is 30.3 Å². The molecule has 0 saturated carbocycles. The number of aliphatic hydroxyl groups excluding tert-OH is 3. The number of aliphatic hydroxyl groups is 3. The smallest absolute Gasteiger partial charge is 0.328 e. The van der Waals surface area contributed by atoms with Crippen LogP contribution in [0.25, 0.3) is 0 Å². The Hall–Kier alpha value is -1.15. The highest BCUT2D eigenvalue weighted by atomic mass is 32.2. The highest BCUT2D eigenvalue weighted by molar-refractivity contribution is 7.90. The van der Waals surface area contributed by atoms with Gasteiger partial charge in [0.15, 0.2) is 16.1 Å². The molecule has 2 rings (SSSR count). The van der Waals surface area contributed by atoms with Crippen LogP contribution in [0.4, 0.5) is 0 Å². The van der Waals surface area contributed by atoms with Gasteiger partial charge >= 0.3 is 5.69 Å². The van der Waals surface area contributed by atoms with Gasteiger partial charge in [0.1, 0.15) is 23.0 Å². The van der Waals surface area contributed by atoms with E-state index in [4.69, 9.17) is 27.8 Å². The van der Waals surface area contributed by atoms with Gasteiger partial charge in [0, 0.05) is 18.3 Å². The van der Waals surface area contributed by atoms with Crippen molar-refractivity contribution in [3.05, 3.63) is 26.9 Å². The summed E-state index contributed by atoms with van der Waals surface area (Å²) in [5.74, 6) is -0.677. The molecular formula is C12H19N3O7S2. The minimum Gasteiger partial charge on any atom is -0.394 e. The number of H-pyrrole nitrogens is 1. The summed E-state index contributed by atoms with van der Waals surface area (Å²) in [4.78, 5) is 14.4. The molecule has 1 saturated heterocycles. The summed E-state index contributed by atoms with van der Waals surface area (Å²) >= 11 is 4.97. The Labute approximate surface area is 142 Å². The molecule has 10 nitrogen and oxygen atoms in total. The summed E-state index contributed by atoms with van der Waals surface area (Å²) in [5, 5.41) is 28.9. The van der Waals surface area contributed by atoms with Crippen LogP contribution in [-0.4, -0.2) is 70.5 Å². The number of aromatic nitrogens is 2. The molecule has 1 aliphatic heterocycles. The molecule has 0 aliphatic carbocycles. The Morgan fingerprint density at radius 2 is 2.04 bits per heavy atom. The van der Waals surface area contributed by atoms with E-state index in [0.29, 0.717) is 0 Å². The number of hydrogen-bond donors (Lipinski definition) is 5. The first-order valence-electron chi connectivity index (χ1n) is 7.07. The molecule has 4 atom stereocenters. The maximum absolute atomic E-state index is 12.1. The Morgan fingerprint density at radius 3 is 2.58 bits per heavy atom. The lowest BCUT2D eigenvalue weighted by Gasteiger charge is -2.18. The van der Waals surface area contributed by atoms with Gasteiger partial charge in [-0.25, -0.2) is 13.2 Å². The van der Waals surface area contributed by atoms with Crippen LogP contribution in [-0.2, 0) is 20.3 Å². The number of hydrogen-bond acceptors (Lipinski definition) is 9. The Bertz CT molecular complexity index is 804. The number of aromatic amines is 1. The SMILES string of the molecule is NCCS(=O)(=O)Cc1cn([C@@H]2O[C@H](CO)[C@@H](O)[C@H]2O)c(=O)[nH]c1=S. The van der Waals surface area contributed by atoms with E-state index in [2.05, 4.69) is 4.98 Å². The van der Waals surface area contributed by atoms with E-state index in [1.165, 1.54) is 0 Å². The van der Waals surface area contributed by atoms with Gasteiger partial charge in [0.05, 0.1) is 18.1 Å². The minimum atomic E-state index is -3.52. The number of ether oxygens (including phenoxy) is 1. The van der Waals surface area contributed by atoms with Crippen molar-refractivity contribution in [2.75, 3.05) is 18.9 Å². The van der Waals surface area contributed by atoms with Gasteiger partial charge in [-0.3, -0.25) is 9.55 Å². The second kappa shape index (κ2) is 7.39. The molecule has 0 radical (unpaired) electrons. The summed E-state index contributed by atoms with van der Waals surface area (Å²) < 4.78 is 29.9. The topological polar surface area (TPSA) is 168 Å². The fraction of sp³-hybridized carbons (Fsp3) is 0.667. The molecule has 2 heterocycles. The highest BCUT2D eigenvalue weighted by Crippen LogP contribution is 2.28. The van der Waals surface area contributed by atoms with Crippen LogP contribution in [0.5, 0.6) is 0 Å². The van der Waals surface area contributed by atoms with Gasteiger partial charge in [-0.15, -0.1) is 0 Å². The molecule has 0 spiro atoms. The standard InChI is InChI=1S/C12H19N3O7S2/c13-1-2-24(20,21)5-6-3-15(12(19)14-10(6)23)11-9(18)8(17)7(4-16)22-11/h3,7-9,11,16-18H,1-2,4-5,13H2,(H,14,19,23)/t7-,8-,9-,11-/m1/s1. The van der Waals surface area contributed by atoms with Crippen molar-refractivity contribution in [1.29, 1.82) is 0 Å². The van der Waals surface area contributed by atoms with E-state index < -0.39 is 52.4 Å². The fourth-order valence-electron chi connectivity index (χ4n) is 2.42. The number of nitrogens with two attached hydrogens (primary N) is 1. The lowest BCUT2D eigenvalue weighted by molar-refractivity contribution is -0.0550. The van der Waals surface area contributed by atoms with Crippen LogP contribution >= 0.6 is 12.2 Å². The van der Waals surface area contributed by atoms with Crippen LogP contribution in [0.2, 0.25) is 0 Å². The molecule has 12 heteroatoms. The molecule has 1 aromatic heterocycles. The molecule has 1 aliphatic rings. The number of nitrogens with one attached hydrogen (secondary N) is 1. The van der Waals surface area contributed by atoms with Crippen molar-refractivity contribution >= 4 is 22.1 Å². The molecule has 24 heavy (non-hydrogen) atoms. The fourth-order valence-corrected chi connectivity index (χ4v) is 3.92. The second-order valence-electron chi connectivity index (χ2n) is 5.43. The Balaban J connectivity index is 2.41. The number of nitrogens with zero attached hydrogens (tertiary/aromatic N) is 1. The van der Waals surface area contributed by atoms with E-state index in [1.54, 1.807) is 0 Å². The van der Waals surface area contributed by atoms with E-state index in [0.717, 1.165) is 10.8 Å². The van der Waals surface area contributed by atoms with E-state index >= 15 is 0 Å². The lowest BCUT2D eigenvalue weighted by Crippen LogP contribution is -2.36. The van der Waals surface area contributed by atoms with Gasteiger partial charge in [0.2, 0.25) is 0 Å². The van der Waals surface area contributed by atoms with Gasteiger partial charge in [-0.1, -0.05) is 12.2 Å². The first-order valence-corrected chi connectivity index (χ1v) is 9.30. The molecular weight excluding hydrogens is 362 g/mol. The normalized spacial score (nSPS) is 27.5. The van der Waals surface area contributed by atoms with Gasteiger partial charge in [-0.05, 0) is 0 Å². The van der Waals surface area contributed by atoms with Crippen LogP contribution < -0.4 is 11.4 Å². The largest absolute Gasteiger partial charge is 0.394 e. The molecule has 0 unspecified atom stereocenters. The van der Waals surface area contributed by atoms with Gasteiger partial charge in [0.25, 0.3) is 0 Å². The molecule has 0 aromatic carbocycles. The van der Waals surface area contributed by atoms with Gasteiger partial charge < -0.3 is 25.8 Å². The maximum atomic E-state index is 12.1. The molecule has 136 valence electrons. The zero-order chi connectivity index (χ0) is 18.1. The highest BCUT2D eigenvalue weighted by Gasteiger charge is 2.43. The van der Waals surface area contributed by atoms with Crippen molar-refractivity contribution in [3.63, 3.8) is 0 Å². The Morgan fingerprint density at radius 1 is 1.38 bits per heavy atom. The summed E-state index contributed by atoms with van der Waals surface area (Å²) in [6.45, 7) is -0.600. The van der Waals surface area contributed by atoms with Crippen LogP contribution in [0.1, 0.15) is 11.8 Å². The second-order valence-corrected chi connectivity index (χ2v) is 8.02. The maximum Gasteiger partial charge on any atom is 0.328 e. The van der Waals surface area contributed by atoms with E-state index in [1.807, 2.05) is 0 Å². The molecule has 1 aromatic rings. The predicted molar refractivity (Wildman–Crippen MR) is 85.4 cm³/mol. The third-order valence-corrected chi connectivity index (χ3v) is 5.61. The summed E-state index contributed by atoms with van der Waals surface area (Å²) in [6.07, 6.45) is -4.05. The third kappa shape index (κ3) is 3.91. The number of rotatable bonds is 6. The summed E-state index contributed by atoms with van der Waals surface area (Å²) in [5.41, 5.74) is 4.65. The van der Waals surface area contributed by atoms with Crippen molar-refractivity contribution in [2.24, 2.45) is 5.73 Å². The van der Waals surface area contributed by atoms with E-state index in [9.17, 15) is 23.4 Å². The van der Waals surface area contributed by atoms with Gasteiger partial charge in [-0.2, -0.15) is 0 Å². The lowest BCUT2D eigenvalue weighted by atomic mass is 10.1. The molecule has 0 amide bonds. The monoisotopic (exact) mass is 381 g/mol. The van der Waals surface area contributed by atoms with Crippen LogP contribution in [0.15, 0.2) is 11.0 Å². The van der Waals surface area contributed by atoms with E-state index in [-0.39, 0.29) is 22.5 Å². The quantitative estimate of drug-likeness (QED) is 0.332. The summed E-state index contributed by atoms with van der Waals surface area (Å²) in [6, 6.07) is 0. The zero-order valence-corrected chi connectivity index (χ0v) is 14.2. The predicted octanol–water partition coefficient (Wildman–Crippen LogP) is -2.61. The Kier molecular flexibility index (Phi) is 5.91. The van der Waals surface area contributed by atoms with Crippen molar-refractivity contribution < 1.29 is 28.5 Å².